The van der Waals surface area contributed by atoms with E-state index in [9.17, 15) is 0 Å². The van der Waals surface area contributed by atoms with Gasteiger partial charge in [-0.15, -0.1) is 0 Å². The van der Waals surface area contributed by atoms with Gasteiger partial charge in [0.25, 0.3) is 0 Å². The van der Waals surface area contributed by atoms with Crippen LogP contribution in [0.2, 0.25) is 5.15 Å². The first-order valence-corrected chi connectivity index (χ1v) is 5.92. The molecule has 0 saturated heterocycles. The molecule has 5 heteroatoms. The average Bonchev–Trinajstić information content (AvgIpc) is 2.29. The molecule has 1 rings (SSSR count). The summed E-state index contributed by atoms with van der Waals surface area (Å²) in [7, 11) is 0. The Hall–Kier alpha value is -0.870. The molecule has 16 heavy (non-hydrogen) atoms. The highest BCUT2D eigenvalue weighted by Crippen LogP contribution is 2.17. The average molecular weight is 244 g/mol. The SMILES string of the molecule is CCCCOCCNc1ncnc(Cl)c1C. The first-order chi connectivity index (χ1) is 7.75. The van der Waals surface area contributed by atoms with E-state index in [0.717, 1.165) is 37.4 Å². The van der Waals surface area contributed by atoms with Crippen molar-refractivity contribution < 1.29 is 4.74 Å². The molecule has 90 valence electrons. The maximum atomic E-state index is 5.87. The van der Waals surface area contributed by atoms with Crippen molar-refractivity contribution in [3.8, 4) is 0 Å². The fraction of sp³-hybridized carbons (Fsp3) is 0.636. The number of nitrogens with one attached hydrogen (secondary N) is 1. The van der Waals surface area contributed by atoms with Gasteiger partial charge in [-0.3, -0.25) is 0 Å². The van der Waals surface area contributed by atoms with Crippen molar-refractivity contribution in [2.45, 2.75) is 26.7 Å². The van der Waals surface area contributed by atoms with Crippen LogP contribution in [0.15, 0.2) is 6.33 Å². The van der Waals surface area contributed by atoms with Crippen molar-refractivity contribution in [3.05, 3.63) is 17.0 Å². The molecule has 1 N–H and O–H groups in total. The van der Waals surface area contributed by atoms with E-state index in [0.29, 0.717) is 11.8 Å². The van der Waals surface area contributed by atoms with Crippen molar-refractivity contribution in [2.24, 2.45) is 0 Å². The molecule has 0 unspecified atom stereocenters. The van der Waals surface area contributed by atoms with Crippen LogP contribution >= 0.6 is 11.6 Å². The Kier molecular flexibility index (Phi) is 6.11. The van der Waals surface area contributed by atoms with Crippen LogP contribution in [0.4, 0.5) is 5.82 Å². The Morgan fingerprint density at radius 2 is 2.19 bits per heavy atom. The minimum atomic E-state index is 0.490. The van der Waals surface area contributed by atoms with Gasteiger partial charge in [0.15, 0.2) is 0 Å². The number of unbranched alkanes of at least 4 members (excludes halogenated alkanes) is 1. The molecule has 0 bridgehead atoms. The van der Waals surface area contributed by atoms with E-state index in [4.69, 9.17) is 16.3 Å². The number of ether oxygens (including phenoxy) is 1. The zero-order valence-corrected chi connectivity index (χ0v) is 10.5. The van der Waals surface area contributed by atoms with Crippen molar-refractivity contribution in [1.29, 1.82) is 0 Å². The maximum Gasteiger partial charge on any atom is 0.137 e. The first kappa shape index (κ1) is 13.2. The number of hydrogen-bond acceptors (Lipinski definition) is 4. The van der Waals surface area contributed by atoms with E-state index in [2.05, 4.69) is 22.2 Å². The monoisotopic (exact) mass is 243 g/mol. The second-order valence-electron chi connectivity index (χ2n) is 3.53. The van der Waals surface area contributed by atoms with Crippen LogP contribution in [0.5, 0.6) is 0 Å². The third kappa shape index (κ3) is 4.33. The van der Waals surface area contributed by atoms with Crippen molar-refractivity contribution in [3.63, 3.8) is 0 Å². The molecule has 0 aliphatic heterocycles. The van der Waals surface area contributed by atoms with Gasteiger partial charge in [-0.2, -0.15) is 0 Å². The largest absolute Gasteiger partial charge is 0.380 e. The molecule has 4 nitrogen and oxygen atoms in total. The van der Waals surface area contributed by atoms with Gasteiger partial charge in [0, 0.05) is 18.7 Å². The number of anilines is 1. The van der Waals surface area contributed by atoms with E-state index in [-0.39, 0.29) is 0 Å². The molecule has 0 radical (unpaired) electrons. The summed E-state index contributed by atoms with van der Waals surface area (Å²) in [5.74, 6) is 0.777. The number of rotatable bonds is 7. The molecular formula is C11H18ClN3O. The normalized spacial score (nSPS) is 10.4. The van der Waals surface area contributed by atoms with E-state index >= 15 is 0 Å². The van der Waals surface area contributed by atoms with Gasteiger partial charge in [-0.1, -0.05) is 24.9 Å². The smallest absolute Gasteiger partial charge is 0.137 e. The van der Waals surface area contributed by atoms with Gasteiger partial charge in [-0.05, 0) is 13.3 Å². The summed E-state index contributed by atoms with van der Waals surface area (Å²) < 4.78 is 5.43. The molecule has 1 aromatic heterocycles. The van der Waals surface area contributed by atoms with Crippen LogP contribution in [-0.2, 0) is 4.74 Å². The second kappa shape index (κ2) is 7.41. The lowest BCUT2D eigenvalue weighted by molar-refractivity contribution is 0.141. The summed E-state index contributed by atoms with van der Waals surface area (Å²) in [6.07, 6.45) is 3.72. The molecule has 0 spiro atoms. The third-order valence-corrected chi connectivity index (χ3v) is 2.58. The molecule has 1 heterocycles. The zero-order chi connectivity index (χ0) is 11.8. The third-order valence-electron chi connectivity index (χ3n) is 2.20. The molecule has 0 aliphatic rings. The Labute approximate surface area is 101 Å². The van der Waals surface area contributed by atoms with Gasteiger partial charge in [0.2, 0.25) is 0 Å². The topological polar surface area (TPSA) is 47.0 Å². The lowest BCUT2D eigenvalue weighted by Crippen LogP contribution is -2.12. The van der Waals surface area contributed by atoms with Crippen LogP contribution in [0.1, 0.15) is 25.3 Å². The van der Waals surface area contributed by atoms with Crippen LogP contribution < -0.4 is 5.32 Å². The Morgan fingerprint density at radius 3 is 2.94 bits per heavy atom. The van der Waals surface area contributed by atoms with Crippen molar-refractivity contribution in [2.75, 3.05) is 25.1 Å². The fourth-order valence-electron chi connectivity index (χ4n) is 1.20. The molecule has 0 fully saturated rings. The van der Waals surface area contributed by atoms with Crippen LogP contribution in [0.3, 0.4) is 0 Å². The molecule has 0 amide bonds. The maximum absolute atomic E-state index is 5.87. The second-order valence-corrected chi connectivity index (χ2v) is 3.89. The Morgan fingerprint density at radius 1 is 1.38 bits per heavy atom. The highest BCUT2D eigenvalue weighted by Gasteiger charge is 2.03. The number of halogens is 1. The summed E-state index contributed by atoms with van der Waals surface area (Å²) in [4.78, 5) is 8.00. The number of nitrogens with zero attached hydrogens (tertiary/aromatic N) is 2. The first-order valence-electron chi connectivity index (χ1n) is 5.54. The molecule has 0 saturated carbocycles. The van der Waals surface area contributed by atoms with E-state index < -0.39 is 0 Å². The van der Waals surface area contributed by atoms with Gasteiger partial charge < -0.3 is 10.1 Å². The highest BCUT2D eigenvalue weighted by molar-refractivity contribution is 6.30. The molecule has 0 atom stereocenters. The summed E-state index contributed by atoms with van der Waals surface area (Å²) in [5, 5.41) is 3.66. The molecule has 0 aliphatic carbocycles. The van der Waals surface area contributed by atoms with E-state index in [1.165, 1.54) is 6.33 Å². The summed E-state index contributed by atoms with van der Waals surface area (Å²) in [6, 6.07) is 0. The lowest BCUT2D eigenvalue weighted by Gasteiger charge is -2.08. The summed E-state index contributed by atoms with van der Waals surface area (Å²) in [5.41, 5.74) is 0.873. The van der Waals surface area contributed by atoms with Gasteiger partial charge in [-0.25, -0.2) is 9.97 Å². The zero-order valence-electron chi connectivity index (χ0n) is 9.79. The standard InChI is InChI=1S/C11H18ClN3O/c1-3-4-6-16-7-5-13-11-9(2)10(12)14-8-15-11/h8H,3-7H2,1-2H3,(H,13,14,15). The van der Waals surface area contributed by atoms with Crippen LogP contribution in [0.25, 0.3) is 0 Å². The Bertz CT molecular complexity index is 320. The predicted octanol–water partition coefficient (Wildman–Crippen LogP) is 2.67. The van der Waals surface area contributed by atoms with Crippen molar-refractivity contribution >= 4 is 17.4 Å². The predicted molar refractivity (Wildman–Crippen MR) is 66.0 cm³/mol. The van der Waals surface area contributed by atoms with Crippen LogP contribution in [0, 0.1) is 6.92 Å². The number of aromatic nitrogens is 2. The number of hydrogen-bond donors (Lipinski definition) is 1. The minimum Gasteiger partial charge on any atom is -0.380 e. The molecule has 0 aromatic carbocycles. The van der Waals surface area contributed by atoms with Gasteiger partial charge in [0.1, 0.15) is 17.3 Å². The highest BCUT2D eigenvalue weighted by atomic mass is 35.5. The van der Waals surface area contributed by atoms with Gasteiger partial charge in [0.05, 0.1) is 6.61 Å². The lowest BCUT2D eigenvalue weighted by atomic mass is 10.3. The van der Waals surface area contributed by atoms with Crippen molar-refractivity contribution in [1.82, 2.24) is 9.97 Å². The van der Waals surface area contributed by atoms with Gasteiger partial charge >= 0.3 is 0 Å². The quantitative estimate of drug-likeness (QED) is 0.591. The van der Waals surface area contributed by atoms with Crippen LogP contribution in [-0.4, -0.2) is 29.7 Å². The van der Waals surface area contributed by atoms with E-state index in [1.807, 2.05) is 6.92 Å². The van der Waals surface area contributed by atoms with E-state index in [1.54, 1.807) is 0 Å². The summed E-state index contributed by atoms with van der Waals surface area (Å²) >= 11 is 5.87. The molecular weight excluding hydrogens is 226 g/mol. The Balaban J connectivity index is 2.24. The summed E-state index contributed by atoms with van der Waals surface area (Å²) in [6.45, 7) is 6.27. The molecule has 1 aromatic rings. The fourth-order valence-corrected chi connectivity index (χ4v) is 1.33. The minimum absolute atomic E-state index is 0.490.